The van der Waals surface area contributed by atoms with Gasteiger partial charge in [-0.2, -0.15) is 0 Å². The zero-order valence-electron chi connectivity index (χ0n) is 15.5. The fourth-order valence-electron chi connectivity index (χ4n) is 3.13. The van der Waals surface area contributed by atoms with E-state index in [2.05, 4.69) is 12.2 Å². The molecule has 1 fully saturated rings. The first-order valence-corrected chi connectivity index (χ1v) is 10.3. The third-order valence-corrected chi connectivity index (χ3v) is 5.53. The molecule has 5 nitrogen and oxygen atoms in total. The van der Waals surface area contributed by atoms with E-state index in [9.17, 15) is 14.4 Å². The summed E-state index contributed by atoms with van der Waals surface area (Å²) < 4.78 is 5.00. The standard InChI is InChI=1S/C20H27NO4S/c1-14-5-3-4-6-17(14)21-19(23)13-25-20(24)12-11-18(22)15-7-9-16(26-2)10-8-15/h7-10,14,17H,3-6,11-13H2,1-2H3,(H,21,23)/t14-,17-/m1/s1. The third kappa shape index (κ3) is 6.48. The molecule has 2 rings (SSSR count). The van der Waals surface area contributed by atoms with Crippen molar-refractivity contribution in [2.24, 2.45) is 5.92 Å². The van der Waals surface area contributed by atoms with Crippen molar-refractivity contribution in [1.29, 1.82) is 0 Å². The lowest BCUT2D eigenvalue weighted by Gasteiger charge is -2.29. The Bertz CT molecular complexity index is 629. The second kappa shape index (κ2) is 10.4. The highest BCUT2D eigenvalue weighted by Gasteiger charge is 2.23. The number of amides is 1. The van der Waals surface area contributed by atoms with E-state index in [1.807, 2.05) is 18.4 Å². The first kappa shape index (κ1) is 20.5. The van der Waals surface area contributed by atoms with Crippen LogP contribution in [-0.2, 0) is 14.3 Å². The van der Waals surface area contributed by atoms with Gasteiger partial charge in [-0.05, 0) is 37.1 Å². The number of carbonyl (C=O) groups excluding carboxylic acids is 3. The molecule has 1 aliphatic rings. The van der Waals surface area contributed by atoms with Crippen LogP contribution in [0.3, 0.4) is 0 Å². The molecule has 0 bridgehead atoms. The fourth-order valence-corrected chi connectivity index (χ4v) is 3.54. The Morgan fingerprint density at radius 3 is 2.46 bits per heavy atom. The van der Waals surface area contributed by atoms with E-state index in [1.165, 1.54) is 6.42 Å². The van der Waals surface area contributed by atoms with E-state index in [0.29, 0.717) is 11.5 Å². The number of carbonyl (C=O) groups is 3. The van der Waals surface area contributed by atoms with Crippen molar-refractivity contribution in [3.05, 3.63) is 29.8 Å². The summed E-state index contributed by atoms with van der Waals surface area (Å²) in [5.41, 5.74) is 0.583. The van der Waals surface area contributed by atoms with Crippen molar-refractivity contribution in [2.45, 2.75) is 56.4 Å². The van der Waals surface area contributed by atoms with Crippen molar-refractivity contribution in [3.63, 3.8) is 0 Å². The zero-order valence-corrected chi connectivity index (χ0v) is 16.3. The number of hydrogen-bond acceptors (Lipinski definition) is 5. The topological polar surface area (TPSA) is 72.5 Å². The molecule has 0 aliphatic heterocycles. The second-order valence-electron chi connectivity index (χ2n) is 6.75. The molecule has 1 amide bonds. The number of rotatable bonds is 8. The van der Waals surface area contributed by atoms with Crippen LogP contribution in [0.2, 0.25) is 0 Å². The smallest absolute Gasteiger partial charge is 0.306 e. The normalized spacial score (nSPS) is 19.6. The molecule has 2 atom stereocenters. The SMILES string of the molecule is CSc1ccc(C(=O)CCC(=O)OCC(=O)N[C@@H]2CCCC[C@H]2C)cc1. The molecule has 26 heavy (non-hydrogen) atoms. The minimum absolute atomic E-state index is 0.0176. The maximum atomic E-state index is 12.1. The van der Waals surface area contributed by atoms with Gasteiger partial charge in [0.05, 0.1) is 6.42 Å². The van der Waals surface area contributed by atoms with Gasteiger partial charge in [0.25, 0.3) is 5.91 Å². The molecule has 6 heteroatoms. The lowest BCUT2D eigenvalue weighted by molar-refractivity contribution is -0.148. The van der Waals surface area contributed by atoms with Gasteiger partial charge in [0.2, 0.25) is 0 Å². The van der Waals surface area contributed by atoms with Gasteiger partial charge in [-0.25, -0.2) is 0 Å². The summed E-state index contributed by atoms with van der Waals surface area (Å²) in [7, 11) is 0. The highest BCUT2D eigenvalue weighted by molar-refractivity contribution is 7.98. The van der Waals surface area contributed by atoms with Crippen LogP contribution < -0.4 is 5.32 Å². The predicted molar refractivity (Wildman–Crippen MR) is 102 cm³/mol. The number of ether oxygens (including phenoxy) is 1. The summed E-state index contributed by atoms with van der Waals surface area (Å²) in [5.74, 6) is -0.435. The maximum Gasteiger partial charge on any atom is 0.306 e. The molecule has 1 aliphatic carbocycles. The number of thioether (sulfide) groups is 1. The minimum atomic E-state index is -0.522. The molecule has 0 radical (unpaired) electrons. The number of esters is 1. The molecular formula is C20H27NO4S. The number of Topliss-reactive ketones (excluding diaryl/α,β-unsaturated/α-hetero) is 1. The molecule has 1 aromatic rings. The van der Waals surface area contributed by atoms with Crippen molar-refractivity contribution in [2.75, 3.05) is 12.9 Å². The van der Waals surface area contributed by atoms with Crippen LogP contribution >= 0.6 is 11.8 Å². The Balaban J connectivity index is 1.67. The van der Waals surface area contributed by atoms with Crippen LogP contribution in [0.1, 0.15) is 55.8 Å². The Labute approximate surface area is 159 Å². The Morgan fingerprint density at radius 1 is 1.12 bits per heavy atom. The number of nitrogens with one attached hydrogen (secondary N) is 1. The molecule has 142 valence electrons. The quantitative estimate of drug-likeness (QED) is 0.426. The summed E-state index contributed by atoms with van der Waals surface area (Å²) in [4.78, 5) is 36.9. The minimum Gasteiger partial charge on any atom is -0.456 e. The third-order valence-electron chi connectivity index (χ3n) is 4.79. The van der Waals surface area contributed by atoms with Gasteiger partial charge in [-0.1, -0.05) is 31.9 Å². The highest BCUT2D eigenvalue weighted by atomic mass is 32.2. The largest absolute Gasteiger partial charge is 0.456 e. The van der Waals surface area contributed by atoms with Crippen LogP contribution in [0.4, 0.5) is 0 Å². The van der Waals surface area contributed by atoms with E-state index >= 15 is 0 Å². The van der Waals surface area contributed by atoms with Gasteiger partial charge >= 0.3 is 5.97 Å². The van der Waals surface area contributed by atoms with E-state index < -0.39 is 5.97 Å². The lowest BCUT2D eigenvalue weighted by Crippen LogP contribution is -2.42. The molecule has 0 aromatic heterocycles. The Kier molecular flexibility index (Phi) is 8.16. The first-order chi connectivity index (χ1) is 12.5. The van der Waals surface area contributed by atoms with Crippen LogP contribution in [0.5, 0.6) is 0 Å². The van der Waals surface area contributed by atoms with Crippen LogP contribution in [0.25, 0.3) is 0 Å². The molecular weight excluding hydrogens is 350 g/mol. The summed E-state index contributed by atoms with van der Waals surface area (Å²) in [6.45, 7) is 1.85. The van der Waals surface area contributed by atoms with Crippen molar-refractivity contribution in [1.82, 2.24) is 5.32 Å². The molecule has 0 unspecified atom stereocenters. The molecule has 1 N–H and O–H groups in total. The van der Waals surface area contributed by atoms with E-state index in [-0.39, 0.29) is 37.2 Å². The fraction of sp³-hybridized carbons (Fsp3) is 0.550. The summed E-state index contributed by atoms with van der Waals surface area (Å²) in [6.07, 6.45) is 6.45. The van der Waals surface area contributed by atoms with Crippen LogP contribution in [-0.4, -0.2) is 36.6 Å². The first-order valence-electron chi connectivity index (χ1n) is 9.12. The predicted octanol–water partition coefficient (Wildman–Crippen LogP) is 3.61. The van der Waals surface area contributed by atoms with Gasteiger partial charge in [0.15, 0.2) is 12.4 Å². The Morgan fingerprint density at radius 2 is 1.81 bits per heavy atom. The molecule has 0 saturated heterocycles. The average molecular weight is 378 g/mol. The highest BCUT2D eigenvalue weighted by Crippen LogP contribution is 2.23. The zero-order chi connectivity index (χ0) is 18.9. The number of ketones is 1. The second-order valence-corrected chi connectivity index (χ2v) is 7.63. The molecule has 0 heterocycles. The van der Waals surface area contributed by atoms with Gasteiger partial charge in [-0.15, -0.1) is 11.8 Å². The average Bonchev–Trinajstić information content (AvgIpc) is 2.66. The van der Waals surface area contributed by atoms with E-state index in [4.69, 9.17) is 4.74 Å². The van der Waals surface area contributed by atoms with Gasteiger partial charge in [0, 0.05) is 22.9 Å². The van der Waals surface area contributed by atoms with Crippen LogP contribution in [0, 0.1) is 5.92 Å². The van der Waals surface area contributed by atoms with Crippen molar-refractivity contribution < 1.29 is 19.1 Å². The van der Waals surface area contributed by atoms with Crippen molar-refractivity contribution >= 4 is 29.4 Å². The summed E-state index contributed by atoms with van der Waals surface area (Å²) in [5, 5.41) is 2.94. The Hall–Kier alpha value is -1.82. The summed E-state index contributed by atoms with van der Waals surface area (Å²) >= 11 is 1.61. The summed E-state index contributed by atoms with van der Waals surface area (Å²) in [6, 6.07) is 7.46. The molecule has 0 spiro atoms. The van der Waals surface area contributed by atoms with Gasteiger partial charge in [0.1, 0.15) is 0 Å². The number of benzene rings is 1. The lowest BCUT2D eigenvalue weighted by atomic mass is 9.86. The molecule has 1 saturated carbocycles. The van der Waals surface area contributed by atoms with Crippen molar-refractivity contribution in [3.8, 4) is 0 Å². The van der Waals surface area contributed by atoms with Gasteiger partial charge < -0.3 is 10.1 Å². The van der Waals surface area contributed by atoms with Gasteiger partial charge in [-0.3, -0.25) is 14.4 Å². The maximum absolute atomic E-state index is 12.1. The van der Waals surface area contributed by atoms with E-state index in [0.717, 1.165) is 24.2 Å². The monoisotopic (exact) mass is 377 g/mol. The number of hydrogen-bond donors (Lipinski definition) is 1. The molecule has 1 aromatic carbocycles. The van der Waals surface area contributed by atoms with Crippen LogP contribution in [0.15, 0.2) is 29.2 Å². The van der Waals surface area contributed by atoms with E-state index in [1.54, 1.807) is 23.9 Å².